The van der Waals surface area contributed by atoms with Gasteiger partial charge in [-0.1, -0.05) is 42.5 Å². The van der Waals surface area contributed by atoms with Crippen LogP contribution in [0.25, 0.3) is 22.4 Å². The fourth-order valence-corrected chi connectivity index (χ4v) is 4.44. The molecule has 1 fully saturated rings. The van der Waals surface area contributed by atoms with Crippen LogP contribution in [0.2, 0.25) is 0 Å². The summed E-state index contributed by atoms with van der Waals surface area (Å²) in [6.45, 7) is 0.710. The van der Waals surface area contributed by atoms with E-state index in [1.807, 2.05) is 30.3 Å². The first kappa shape index (κ1) is 22.9. The second-order valence-corrected chi connectivity index (χ2v) is 8.60. The van der Waals surface area contributed by atoms with E-state index >= 15 is 0 Å². The van der Waals surface area contributed by atoms with Crippen LogP contribution in [0, 0.1) is 17.7 Å². The zero-order valence-electron chi connectivity index (χ0n) is 18.3. The Balaban J connectivity index is 1.54. The minimum absolute atomic E-state index is 0.208. The van der Waals surface area contributed by atoms with Gasteiger partial charge in [0.2, 0.25) is 0 Å². The Morgan fingerprint density at radius 3 is 2.39 bits per heavy atom. The largest absolute Gasteiger partial charge is 0.480 e. The molecule has 4 rings (SSSR count). The Morgan fingerprint density at radius 2 is 1.70 bits per heavy atom. The summed E-state index contributed by atoms with van der Waals surface area (Å²) < 4.78 is 20.6. The lowest BCUT2D eigenvalue weighted by Gasteiger charge is -2.28. The molecule has 0 saturated heterocycles. The van der Waals surface area contributed by atoms with Gasteiger partial charge in [0.05, 0.1) is 12.3 Å². The minimum Gasteiger partial charge on any atom is -0.480 e. The maximum atomic E-state index is 13.9. The molecule has 2 aromatic carbocycles. The minimum atomic E-state index is -0.954. The smallest absolute Gasteiger partial charge is 0.329 e. The Labute approximate surface area is 191 Å². The average molecular weight is 451 g/mol. The van der Waals surface area contributed by atoms with Gasteiger partial charge < -0.3 is 9.84 Å². The molecule has 1 aliphatic rings. The molecule has 33 heavy (non-hydrogen) atoms. The summed E-state index contributed by atoms with van der Waals surface area (Å²) in [6, 6.07) is 17.4. The predicted molar refractivity (Wildman–Crippen MR) is 123 cm³/mol. The second kappa shape index (κ2) is 10.5. The van der Waals surface area contributed by atoms with Gasteiger partial charge in [-0.3, -0.25) is 4.79 Å². The highest BCUT2D eigenvalue weighted by atomic mass is 19.1. The first-order chi connectivity index (χ1) is 16.0. The van der Waals surface area contributed by atoms with Crippen LogP contribution in [0.4, 0.5) is 4.39 Å². The lowest BCUT2D eigenvalue weighted by atomic mass is 9.82. The quantitative estimate of drug-likeness (QED) is 0.541. The van der Waals surface area contributed by atoms with E-state index in [2.05, 4.69) is 0 Å². The molecule has 0 atom stereocenters. The molecule has 3 aromatic rings. The molecule has 1 aromatic heterocycles. The standard InChI is InChI=1S/C26H27FN2O4/c27-22-8-4-7-21(13-22)23-14-24(30)29(28-26(23)20-5-2-1-3-6-20)15-18-9-11-19(12-10-18)16-33-17-25(31)32/h1-8,13-14,18-19H,9-12,15-17H2,(H,31,32)/t18-,19+. The van der Waals surface area contributed by atoms with Crippen molar-refractivity contribution in [1.29, 1.82) is 0 Å². The highest BCUT2D eigenvalue weighted by Gasteiger charge is 2.23. The molecule has 0 aliphatic heterocycles. The van der Waals surface area contributed by atoms with Crippen LogP contribution < -0.4 is 5.56 Å². The highest BCUT2D eigenvalue weighted by Crippen LogP contribution is 2.32. The summed E-state index contributed by atoms with van der Waals surface area (Å²) in [6.07, 6.45) is 3.74. The van der Waals surface area contributed by atoms with E-state index in [-0.39, 0.29) is 18.0 Å². The molecule has 7 heteroatoms. The van der Waals surface area contributed by atoms with Gasteiger partial charge in [0, 0.05) is 23.7 Å². The topological polar surface area (TPSA) is 81.4 Å². The molecular formula is C26H27FN2O4. The van der Waals surface area contributed by atoms with E-state index in [1.54, 1.807) is 18.2 Å². The number of carbonyl (C=O) groups is 1. The number of halogens is 1. The van der Waals surface area contributed by atoms with Gasteiger partial charge in [-0.25, -0.2) is 13.9 Å². The Bertz CT molecular complexity index is 1150. The molecule has 1 heterocycles. The number of carboxylic acid groups (broad SMARTS) is 1. The number of ether oxygens (including phenoxy) is 1. The third-order valence-corrected chi connectivity index (χ3v) is 6.16. The number of carboxylic acids is 1. The van der Waals surface area contributed by atoms with Crippen molar-refractivity contribution in [2.45, 2.75) is 32.2 Å². The number of benzene rings is 2. The maximum absolute atomic E-state index is 13.9. The van der Waals surface area contributed by atoms with Crippen LogP contribution >= 0.6 is 0 Å². The van der Waals surface area contributed by atoms with E-state index in [9.17, 15) is 14.0 Å². The van der Waals surface area contributed by atoms with E-state index in [0.717, 1.165) is 31.2 Å². The summed E-state index contributed by atoms with van der Waals surface area (Å²) in [5.41, 5.74) is 2.54. The normalized spacial score (nSPS) is 18.2. The summed E-state index contributed by atoms with van der Waals surface area (Å²) in [5, 5.41) is 13.4. The molecule has 1 aliphatic carbocycles. The van der Waals surface area contributed by atoms with E-state index < -0.39 is 5.97 Å². The lowest BCUT2D eigenvalue weighted by molar-refractivity contribution is -0.142. The Hall–Kier alpha value is -3.32. The molecule has 0 amide bonds. The fraction of sp³-hybridized carbons (Fsp3) is 0.346. The number of rotatable bonds is 8. The monoisotopic (exact) mass is 450 g/mol. The van der Waals surface area contributed by atoms with Crippen molar-refractivity contribution in [2.24, 2.45) is 11.8 Å². The molecule has 0 spiro atoms. The third kappa shape index (κ3) is 5.93. The van der Waals surface area contributed by atoms with Crippen LogP contribution in [0.1, 0.15) is 25.7 Å². The van der Waals surface area contributed by atoms with Crippen molar-refractivity contribution in [1.82, 2.24) is 9.78 Å². The molecular weight excluding hydrogens is 423 g/mol. The zero-order valence-corrected chi connectivity index (χ0v) is 18.3. The first-order valence-electron chi connectivity index (χ1n) is 11.2. The fourth-order valence-electron chi connectivity index (χ4n) is 4.44. The predicted octanol–water partition coefficient (Wildman–Crippen LogP) is 4.62. The maximum Gasteiger partial charge on any atom is 0.329 e. The van der Waals surface area contributed by atoms with E-state index in [0.29, 0.717) is 41.8 Å². The van der Waals surface area contributed by atoms with E-state index in [4.69, 9.17) is 14.9 Å². The highest BCUT2D eigenvalue weighted by molar-refractivity contribution is 5.80. The summed E-state index contributed by atoms with van der Waals surface area (Å²) in [7, 11) is 0. The van der Waals surface area contributed by atoms with Crippen molar-refractivity contribution < 1.29 is 19.0 Å². The van der Waals surface area contributed by atoms with Crippen molar-refractivity contribution >= 4 is 5.97 Å². The number of hydrogen-bond acceptors (Lipinski definition) is 4. The molecule has 1 N–H and O–H groups in total. The van der Waals surface area contributed by atoms with Crippen LogP contribution in [-0.2, 0) is 16.1 Å². The molecule has 0 bridgehead atoms. The molecule has 0 unspecified atom stereocenters. The second-order valence-electron chi connectivity index (χ2n) is 8.60. The van der Waals surface area contributed by atoms with Gasteiger partial charge in [-0.05, 0) is 55.2 Å². The molecule has 172 valence electrons. The van der Waals surface area contributed by atoms with Crippen molar-refractivity contribution in [3.05, 3.63) is 76.8 Å². The number of hydrogen-bond donors (Lipinski definition) is 1. The van der Waals surface area contributed by atoms with Crippen LogP contribution in [0.15, 0.2) is 65.5 Å². The summed E-state index contributed by atoms with van der Waals surface area (Å²) >= 11 is 0. The van der Waals surface area contributed by atoms with Gasteiger partial charge >= 0.3 is 5.97 Å². The Kier molecular flexibility index (Phi) is 7.29. The van der Waals surface area contributed by atoms with Gasteiger partial charge in [-0.2, -0.15) is 5.10 Å². The third-order valence-electron chi connectivity index (χ3n) is 6.16. The van der Waals surface area contributed by atoms with E-state index in [1.165, 1.54) is 16.8 Å². The lowest BCUT2D eigenvalue weighted by Crippen LogP contribution is -2.29. The van der Waals surface area contributed by atoms with Crippen LogP contribution in [0.3, 0.4) is 0 Å². The Morgan fingerprint density at radius 1 is 1.00 bits per heavy atom. The van der Waals surface area contributed by atoms with Gasteiger partial charge in [0.15, 0.2) is 0 Å². The number of nitrogens with zero attached hydrogens (tertiary/aromatic N) is 2. The number of aromatic nitrogens is 2. The van der Waals surface area contributed by atoms with Gasteiger partial charge in [0.25, 0.3) is 5.56 Å². The zero-order chi connectivity index (χ0) is 23.2. The summed E-state index contributed by atoms with van der Waals surface area (Å²) in [5.74, 6) is -0.653. The molecule has 1 saturated carbocycles. The van der Waals surface area contributed by atoms with Crippen LogP contribution in [0.5, 0.6) is 0 Å². The van der Waals surface area contributed by atoms with Crippen molar-refractivity contribution in [2.75, 3.05) is 13.2 Å². The van der Waals surface area contributed by atoms with Crippen molar-refractivity contribution in [3.63, 3.8) is 0 Å². The number of aliphatic carboxylic acids is 1. The SMILES string of the molecule is O=C(O)COC[C@H]1CC[C@@H](Cn2nc(-c3ccccc3)c(-c3cccc(F)c3)cc2=O)CC1. The van der Waals surface area contributed by atoms with Gasteiger partial charge in [-0.15, -0.1) is 0 Å². The first-order valence-corrected chi connectivity index (χ1v) is 11.2. The van der Waals surface area contributed by atoms with Crippen molar-refractivity contribution in [3.8, 4) is 22.4 Å². The average Bonchev–Trinajstić information content (AvgIpc) is 2.81. The summed E-state index contributed by atoms with van der Waals surface area (Å²) in [4.78, 5) is 23.6. The molecule has 6 nitrogen and oxygen atoms in total. The molecule has 0 radical (unpaired) electrons. The van der Waals surface area contributed by atoms with Gasteiger partial charge in [0.1, 0.15) is 12.4 Å². The van der Waals surface area contributed by atoms with Crippen LogP contribution in [-0.4, -0.2) is 34.1 Å².